The molecule has 0 unspecified atom stereocenters. The zero-order valence-electron chi connectivity index (χ0n) is 15.7. The largest absolute Gasteiger partial charge is 0.350 e. The van der Waals surface area contributed by atoms with E-state index in [1.807, 2.05) is 6.92 Å². The number of carbonyl (C=O) groups is 2. The SMILES string of the molecule is Cc1cc(Cl)ccc1NC1=C(c2ccc(F)cc2)C(=O)N(c2ccccc2Cl)C1=O. The predicted molar refractivity (Wildman–Crippen MR) is 117 cm³/mol. The maximum absolute atomic E-state index is 13.5. The van der Waals surface area contributed by atoms with E-state index in [4.69, 9.17) is 23.2 Å². The Morgan fingerprint density at radius 1 is 0.900 bits per heavy atom. The van der Waals surface area contributed by atoms with Crippen molar-refractivity contribution in [3.63, 3.8) is 0 Å². The summed E-state index contributed by atoms with van der Waals surface area (Å²) in [7, 11) is 0. The van der Waals surface area contributed by atoms with Gasteiger partial charge in [-0.15, -0.1) is 0 Å². The van der Waals surface area contributed by atoms with Gasteiger partial charge in [-0.2, -0.15) is 0 Å². The second-order valence-corrected chi connectivity index (χ2v) is 7.58. The lowest BCUT2D eigenvalue weighted by Gasteiger charge is -2.17. The van der Waals surface area contributed by atoms with E-state index in [0.29, 0.717) is 16.3 Å². The summed E-state index contributed by atoms with van der Waals surface area (Å²) in [5.74, 6) is -1.54. The van der Waals surface area contributed by atoms with Crippen LogP contribution in [0.25, 0.3) is 5.57 Å². The molecule has 0 aliphatic carbocycles. The zero-order valence-corrected chi connectivity index (χ0v) is 17.3. The minimum Gasteiger partial charge on any atom is -0.350 e. The molecule has 0 saturated heterocycles. The molecule has 0 spiro atoms. The van der Waals surface area contributed by atoms with Crippen molar-refractivity contribution in [3.05, 3.63) is 99.4 Å². The summed E-state index contributed by atoms with van der Waals surface area (Å²) in [4.78, 5) is 27.7. The first-order valence-electron chi connectivity index (χ1n) is 9.03. The van der Waals surface area contributed by atoms with Gasteiger partial charge in [0.15, 0.2) is 0 Å². The fourth-order valence-electron chi connectivity index (χ4n) is 3.28. The first-order chi connectivity index (χ1) is 14.4. The molecule has 1 N–H and O–H groups in total. The van der Waals surface area contributed by atoms with E-state index in [0.717, 1.165) is 10.5 Å². The first kappa shape index (κ1) is 20.1. The molecule has 4 nitrogen and oxygen atoms in total. The van der Waals surface area contributed by atoms with Gasteiger partial charge in [0.25, 0.3) is 11.8 Å². The number of rotatable bonds is 4. The molecule has 4 rings (SSSR count). The van der Waals surface area contributed by atoms with E-state index in [2.05, 4.69) is 5.32 Å². The monoisotopic (exact) mass is 440 g/mol. The Morgan fingerprint density at radius 3 is 2.27 bits per heavy atom. The number of para-hydroxylation sites is 1. The van der Waals surface area contributed by atoms with Gasteiger partial charge in [0.1, 0.15) is 11.5 Å². The average Bonchev–Trinajstić information content (AvgIpc) is 2.95. The lowest BCUT2D eigenvalue weighted by atomic mass is 10.0. The molecule has 0 atom stereocenters. The highest BCUT2D eigenvalue weighted by atomic mass is 35.5. The molecule has 0 aromatic heterocycles. The topological polar surface area (TPSA) is 49.4 Å². The normalized spacial score (nSPS) is 13.9. The third-order valence-electron chi connectivity index (χ3n) is 4.76. The molecule has 7 heteroatoms. The summed E-state index contributed by atoms with van der Waals surface area (Å²) in [6, 6.07) is 17.1. The number of nitrogens with one attached hydrogen (secondary N) is 1. The molecule has 30 heavy (non-hydrogen) atoms. The molecule has 3 aromatic carbocycles. The number of anilines is 2. The molecule has 150 valence electrons. The second-order valence-electron chi connectivity index (χ2n) is 6.74. The highest BCUT2D eigenvalue weighted by molar-refractivity contribution is 6.48. The van der Waals surface area contributed by atoms with E-state index in [1.165, 1.54) is 24.3 Å². The number of hydrogen-bond acceptors (Lipinski definition) is 3. The Kier molecular flexibility index (Phi) is 5.33. The van der Waals surface area contributed by atoms with Crippen molar-refractivity contribution >= 4 is 52.0 Å². The molecule has 0 bridgehead atoms. The van der Waals surface area contributed by atoms with Gasteiger partial charge in [0.05, 0.1) is 16.3 Å². The predicted octanol–water partition coefficient (Wildman–Crippen LogP) is 5.84. The van der Waals surface area contributed by atoms with Gasteiger partial charge in [-0.25, -0.2) is 9.29 Å². The van der Waals surface area contributed by atoms with Crippen LogP contribution in [-0.4, -0.2) is 11.8 Å². The van der Waals surface area contributed by atoms with Gasteiger partial charge in [-0.05, 0) is 60.5 Å². The van der Waals surface area contributed by atoms with Gasteiger partial charge in [-0.3, -0.25) is 9.59 Å². The maximum Gasteiger partial charge on any atom is 0.282 e. The van der Waals surface area contributed by atoms with Crippen molar-refractivity contribution in [1.29, 1.82) is 0 Å². The maximum atomic E-state index is 13.5. The Balaban J connectivity index is 1.86. The highest BCUT2D eigenvalue weighted by Gasteiger charge is 2.41. The summed E-state index contributed by atoms with van der Waals surface area (Å²) in [5.41, 5.74) is 2.32. The molecular weight excluding hydrogens is 426 g/mol. The van der Waals surface area contributed by atoms with Crippen LogP contribution in [0.15, 0.2) is 72.4 Å². The number of hydrogen-bond donors (Lipinski definition) is 1. The highest BCUT2D eigenvalue weighted by Crippen LogP contribution is 2.37. The van der Waals surface area contributed by atoms with Gasteiger partial charge < -0.3 is 5.32 Å². The van der Waals surface area contributed by atoms with Crippen LogP contribution in [0, 0.1) is 12.7 Å². The van der Waals surface area contributed by atoms with Crippen LogP contribution in [0.1, 0.15) is 11.1 Å². The van der Waals surface area contributed by atoms with E-state index in [1.54, 1.807) is 42.5 Å². The smallest absolute Gasteiger partial charge is 0.282 e. The molecular formula is C23H15Cl2FN2O2. The minimum absolute atomic E-state index is 0.0805. The van der Waals surface area contributed by atoms with Crippen LogP contribution in [0.2, 0.25) is 10.0 Å². The van der Waals surface area contributed by atoms with Gasteiger partial charge in [-0.1, -0.05) is 47.5 Å². The molecule has 1 aliphatic heterocycles. The summed E-state index contributed by atoms with van der Waals surface area (Å²) in [6.07, 6.45) is 0. The van der Waals surface area contributed by atoms with Crippen LogP contribution in [0.3, 0.4) is 0 Å². The van der Waals surface area contributed by atoms with Crippen molar-refractivity contribution < 1.29 is 14.0 Å². The molecule has 0 fully saturated rings. The average molecular weight is 441 g/mol. The summed E-state index contributed by atoms with van der Waals surface area (Å²) >= 11 is 12.3. The molecule has 0 radical (unpaired) electrons. The standard InChI is InChI=1S/C23H15Cl2FN2O2/c1-13-12-15(24)8-11-18(13)27-21-20(14-6-9-16(26)10-7-14)22(29)28(23(21)30)19-5-3-2-4-17(19)25/h2-12,27H,1H3. The molecule has 1 heterocycles. The number of aryl methyl sites for hydroxylation is 1. The zero-order chi connectivity index (χ0) is 21.4. The molecule has 2 amide bonds. The third kappa shape index (κ3) is 3.58. The van der Waals surface area contributed by atoms with Crippen molar-refractivity contribution in [2.45, 2.75) is 6.92 Å². The number of imide groups is 1. The van der Waals surface area contributed by atoms with Crippen molar-refractivity contribution in [2.24, 2.45) is 0 Å². The Hall–Kier alpha value is -3.15. The van der Waals surface area contributed by atoms with E-state index in [9.17, 15) is 14.0 Å². The van der Waals surface area contributed by atoms with Crippen LogP contribution < -0.4 is 10.2 Å². The molecule has 0 saturated carbocycles. The fraction of sp³-hybridized carbons (Fsp3) is 0.0435. The molecule has 3 aromatic rings. The fourth-order valence-corrected chi connectivity index (χ4v) is 3.73. The summed E-state index contributed by atoms with van der Waals surface area (Å²) < 4.78 is 13.5. The van der Waals surface area contributed by atoms with Crippen LogP contribution in [-0.2, 0) is 9.59 Å². The van der Waals surface area contributed by atoms with Crippen LogP contribution in [0.5, 0.6) is 0 Å². The number of nitrogens with zero attached hydrogens (tertiary/aromatic N) is 1. The summed E-state index contributed by atoms with van der Waals surface area (Å²) in [6.45, 7) is 1.83. The van der Waals surface area contributed by atoms with E-state index in [-0.39, 0.29) is 22.0 Å². The minimum atomic E-state index is -0.554. The Morgan fingerprint density at radius 2 is 1.60 bits per heavy atom. The number of amides is 2. The van der Waals surface area contributed by atoms with Crippen LogP contribution >= 0.6 is 23.2 Å². The second kappa shape index (κ2) is 7.94. The summed E-state index contributed by atoms with van der Waals surface area (Å²) in [5, 5.41) is 3.89. The number of benzene rings is 3. The lowest BCUT2D eigenvalue weighted by molar-refractivity contribution is -0.120. The van der Waals surface area contributed by atoms with Crippen molar-refractivity contribution in [1.82, 2.24) is 0 Å². The van der Waals surface area contributed by atoms with Gasteiger partial charge in [0.2, 0.25) is 0 Å². The third-order valence-corrected chi connectivity index (χ3v) is 5.31. The molecule has 1 aliphatic rings. The van der Waals surface area contributed by atoms with E-state index >= 15 is 0 Å². The van der Waals surface area contributed by atoms with Crippen molar-refractivity contribution in [2.75, 3.05) is 10.2 Å². The van der Waals surface area contributed by atoms with Crippen LogP contribution in [0.4, 0.5) is 15.8 Å². The van der Waals surface area contributed by atoms with Gasteiger partial charge in [0, 0.05) is 10.7 Å². The van der Waals surface area contributed by atoms with E-state index < -0.39 is 17.6 Å². The Bertz CT molecular complexity index is 1210. The number of carbonyl (C=O) groups excluding carboxylic acids is 2. The quantitative estimate of drug-likeness (QED) is 0.518. The first-order valence-corrected chi connectivity index (χ1v) is 9.79. The number of halogens is 3. The lowest BCUT2D eigenvalue weighted by Crippen LogP contribution is -2.32. The van der Waals surface area contributed by atoms with Gasteiger partial charge >= 0.3 is 0 Å². The van der Waals surface area contributed by atoms with Crippen molar-refractivity contribution in [3.8, 4) is 0 Å². The Labute approximate surface area is 182 Å².